The maximum Gasteiger partial charge on any atom is 0.325 e. The molecule has 104 valence electrons. The molecule has 1 aromatic carbocycles. The number of carbonyl (C=O) groups is 2. The van der Waals surface area contributed by atoms with Crippen LogP contribution < -0.4 is 15.8 Å². The van der Waals surface area contributed by atoms with Crippen molar-refractivity contribution < 1.29 is 19.1 Å². The molecule has 0 bridgehead atoms. The van der Waals surface area contributed by atoms with Gasteiger partial charge in [0.15, 0.2) is 0 Å². The van der Waals surface area contributed by atoms with E-state index >= 15 is 0 Å². The van der Waals surface area contributed by atoms with Gasteiger partial charge in [0.1, 0.15) is 12.3 Å². The first kappa shape index (κ1) is 15.0. The molecule has 1 unspecified atom stereocenters. The Bertz CT molecular complexity index is 408. The predicted molar refractivity (Wildman–Crippen MR) is 69.6 cm³/mol. The van der Waals surface area contributed by atoms with E-state index in [9.17, 15) is 9.59 Å². The third kappa shape index (κ3) is 5.87. The van der Waals surface area contributed by atoms with E-state index in [1.807, 2.05) is 30.3 Å². The molecule has 0 fully saturated rings. The molecule has 3 N–H and O–H groups in total. The summed E-state index contributed by atoms with van der Waals surface area (Å²) in [7, 11) is 1.25. The molecule has 0 aliphatic rings. The molecule has 0 aromatic heterocycles. The Hall–Kier alpha value is -2.08. The van der Waals surface area contributed by atoms with Gasteiger partial charge in [-0.15, -0.1) is 0 Å². The van der Waals surface area contributed by atoms with Gasteiger partial charge in [-0.05, 0) is 12.1 Å². The lowest BCUT2D eigenvalue weighted by Crippen LogP contribution is -2.43. The number of hydrogen-bond donors (Lipinski definition) is 2. The van der Waals surface area contributed by atoms with Crippen LogP contribution in [-0.4, -0.2) is 38.2 Å². The van der Waals surface area contributed by atoms with E-state index in [2.05, 4.69) is 10.1 Å². The lowest BCUT2D eigenvalue weighted by atomic mass is 10.2. The lowest BCUT2D eigenvalue weighted by molar-refractivity contribution is -0.141. The van der Waals surface area contributed by atoms with E-state index in [1.165, 1.54) is 7.11 Å². The molecular weight excluding hydrogens is 248 g/mol. The lowest BCUT2D eigenvalue weighted by Gasteiger charge is -2.12. The van der Waals surface area contributed by atoms with Gasteiger partial charge in [-0.1, -0.05) is 18.2 Å². The minimum atomic E-state index is -0.714. The van der Waals surface area contributed by atoms with Gasteiger partial charge >= 0.3 is 5.97 Å². The topological polar surface area (TPSA) is 90.7 Å². The number of rotatable bonds is 7. The van der Waals surface area contributed by atoms with E-state index in [1.54, 1.807) is 0 Å². The van der Waals surface area contributed by atoms with Crippen LogP contribution >= 0.6 is 0 Å². The molecule has 1 rings (SSSR count). The Kier molecular flexibility index (Phi) is 6.38. The zero-order valence-corrected chi connectivity index (χ0v) is 10.8. The average molecular weight is 266 g/mol. The van der Waals surface area contributed by atoms with E-state index in [0.717, 1.165) is 5.75 Å². The quantitative estimate of drug-likeness (QED) is 0.682. The smallest absolute Gasteiger partial charge is 0.325 e. The van der Waals surface area contributed by atoms with Crippen molar-refractivity contribution in [1.82, 2.24) is 5.32 Å². The van der Waals surface area contributed by atoms with Crippen molar-refractivity contribution >= 4 is 11.9 Å². The van der Waals surface area contributed by atoms with Gasteiger partial charge < -0.3 is 20.5 Å². The number of methoxy groups -OCH3 is 1. The van der Waals surface area contributed by atoms with E-state index < -0.39 is 17.9 Å². The van der Waals surface area contributed by atoms with Gasteiger partial charge in [-0.2, -0.15) is 0 Å². The first-order valence-corrected chi connectivity index (χ1v) is 5.91. The van der Waals surface area contributed by atoms with Crippen molar-refractivity contribution in [3.63, 3.8) is 0 Å². The summed E-state index contributed by atoms with van der Waals surface area (Å²) in [6.07, 6.45) is 0.363. The van der Waals surface area contributed by atoms with Gasteiger partial charge in [0, 0.05) is 6.42 Å². The van der Waals surface area contributed by atoms with Crippen LogP contribution in [-0.2, 0) is 14.3 Å². The fraction of sp³-hybridized carbons (Fsp3) is 0.385. The van der Waals surface area contributed by atoms with Crippen molar-refractivity contribution in [2.24, 2.45) is 5.73 Å². The second-order valence-corrected chi connectivity index (χ2v) is 3.85. The molecule has 1 aromatic rings. The van der Waals surface area contributed by atoms with E-state index in [0.29, 0.717) is 13.0 Å². The summed E-state index contributed by atoms with van der Waals surface area (Å²) in [5.41, 5.74) is 5.66. The first-order valence-electron chi connectivity index (χ1n) is 5.91. The van der Waals surface area contributed by atoms with Gasteiger partial charge in [0.2, 0.25) is 5.91 Å². The van der Waals surface area contributed by atoms with Crippen LogP contribution in [0.4, 0.5) is 0 Å². The number of ether oxygens (including phenoxy) is 2. The highest BCUT2D eigenvalue weighted by Gasteiger charge is 2.14. The van der Waals surface area contributed by atoms with Crippen molar-refractivity contribution in [3.05, 3.63) is 30.3 Å². The highest BCUT2D eigenvalue weighted by Crippen LogP contribution is 2.08. The van der Waals surface area contributed by atoms with Crippen molar-refractivity contribution in [2.75, 3.05) is 20.3 Å². The number of esters is 1. The van der Waals surface area contributed by atoms with Crippen molar-refractivity contribution in [3.8, 4) is 5.75 Å². The molecule has 0 aliphatic carbocycles. The van der Waals surface area contributed by atoms with Crippen molar-refractivity contribution in [2.45, 2.75) is 12.5 Å². The van der Waals surface area contributed by atoms with Crippen LogP contribution in [0, 0.1) is 0 Å². The number of nitrogens with two attached hydrogens (primary N) is 1. The molecule has 0 saturated heterocycles. The van der Waals surface area contributed by atoms with Crippen LogP contribution in [0.2, 0.25) is 0 Å². The predicted octanol–water partition coefficient (Wildman–Crippen LogP) is 0.0720. The van der Waals surface area contributed by atoms with Gasteiger partial charge in [0.25, 0.3) is 0 Å². The van der Waals surface area contributed by atoms with Gasteiger partial charge in [0.05, 0.1) is 19.8 Å². The molecule has 19 heavy (non-hydrogen) atoms. The molecule has 0 heterocycles. The highest BCUT2D eigenvalue weighted by molar-refractivity contribution is 5.85. The largest absolute Gasteiger partial charge is 0.494 e. The number of nitrogens with one attached hydrogen (secondary N) is 1. The summed E-state index contributed by atoms with van der Waals surface area (Å²) in [5.74, 6) is -0.187. The summed E-state index contributed by atoms with van der Waals surface area (Å²) >= 11 is 0. The van der Waals surface area contributed by atoms with Crippen molar-refractivity contribution in [1.29, 1.82) is 0 Å². The number of carbonyl (C=O) groups excluding carboxylic acids is 2. The third-order valence-corrected chi connectivity index (χ3v) is 2.41. The Labute approximate surface area is 111 Å². The maximum atomic E-state index is 11.5. The normalized spacial score (nSPS) is 11.5. The van der Waals surface area contributed by atoms with Gasteiger partial charge in [-0.3, -0.25) is 9.59 Å². The second-order valence-electron chi connectivity index (χ2n) is 3.85. The summed E-state index contributed by atoms with van der Waals surface area (Å²) in [4.78, 5) is 22.3. The molecule has 0 radical (unpaired) electrons. The summed E-state index contributed by atoms with van der Waals surface area (Å²) in [5, 5.41) is 2.39. The number of para-hydroxylation sites is 1. The summed E-state index contributed by atoms with van der Waals surface area (Å²) in [6.45, 7) is 0.152. The van der Waals surface area contributed by atoms with Crippen LogP contribution in [0.25, 0.3) is 0 Å². The molecular formula is C13H18N2O4. The van der Waals surface area contributed by atoms with E-state index in [-0.39, 0.29) is 6.54 Å². The summed E-state index contributed by atoms with van der Waals surface area (Å²) in [6, 6.07) is 8.54. The first-order chi connectivity index (χ1) is 9.13. The number of hydrogen-bond acceptors (Lipinski definition) is 5. The zero-order valence-electron chi connectivity index (χ0n) is 10.8. The minimum absolute atomic E-state index is 0.178. The van der Waals surface area contributed by atoms with Crippen LogP contribution in [0.15, 0.2) is 30.3 Å². The molecule has 6 nitrogen and oxygen atoms in total. The standard InChI is InChI=1S/C13H18N2O4/c1-18-12(16)9-15-13(17)11(14)7-8-19-10-5-3-2-4-6-10/h2-6,11H,7-9,14H2,1H3,(H,15,17). The van der Waals surface area contributed by atoms with Gasteiger partial charge in [-0.25, -0.2) is 0 Å². The van der Waals surface area contributed by atoms with Crippen LogP contribution in [0.5, 0.6) is 5.75 Å². The Balaban J connectivity index is 2.21. The number of amides is 1. The molecule has 0 saturated carbocycles. The summed E-state index contributed by atoms with van der Waals surface area (Å²) < 4.78 is 9.82. The SMILES string of the molecule is COC(=O)CNC(=O)C(N)CCOc1ccccc1. The molecule has 0 aliphatic heterocycles. The molecule has 1 amide bonds. The van der Waals surface area contributed by atoms with E-state index in [4.69, 9.17) is 10.5 Å². The average Bonchev–Trinajstić information content (AvgIpc) is 2.45. The van der Waals surface area contributed by atoms with Crippen LogP contribution in [0.3, 0.4) is 0 Å². The third-order valence-electron chi connectivity index (χ3n) is 2.41. The van der Waals surface area contributed by atoms with Crippen LogP contribution in [0.1, 0.15) is 6.42 Å². The number of benzene rings is 1. The highest BCUT2D eigenvalue weighted by atomic mass is 16.5. The zero-order chi connectivity index (χ0) is 14.1. The Morgan fingerprint density at radius 3 is 2.63 bits per heavy atom. The fourth-order valence-electron chi connectivity index (χ4n) is 1.31. The monoisotopic (exact) mass is 266 g/mol. The Morgan fingerprint density at radius 1 is 1.32 bits per heavy atom. The fourth-order valence-corrected chi connectivity index (χ4v) is 1.31. The molecule has 0 spiro atoms. The maximum absolute atomic E-state index is 11.5. The molecule has 1 atom stereocenters. The Morgan fingerprint density at radius 2 is 2.00 bits per heavy atom. The minimum Gasteiger partial charge on any atom is -0.494 e. The molecule has 6 heteroatoms. The second kappa shape index (κ2) is 8.10.